The van der Waals surface area contributed by atoms with Crippen LogP contribution in [0.3, 0.4) is 0 Å². The third-order valence-corrected chi connectivity index (χ3v) is 6.27. The lowest BCUT2D eigenvalue weighted by Gasteiger charge is -2.34. The molecule has 0 amide bonds. The number of nitrogens with zero attached hydrogens (tertiary/aromatic N) is 3. The van der Waals surface area contributed by atoms with Gasteiger partial charge in [0.15, 0.2) is 11.6 Å². The largest absolute Gasteiger partial charge is 0.477 e. The van der Waals surface area contributed by atoms with Gasteiger partial charge in [-0.25, -0.2) is 14.2 Å². The fourth-order valence-corrected chi connectivity index (χ4v) is 4.43. The van der Waals surface area contributed by atoms with Gasteiger partial charge >= 0.3 is 5.97 Å². The first kappa shape index (κ1) is 16.7. The van der Waals surface area contributed by atoms with Crippen molar-refractivity contribution in [2.75, 3.05) is 18.0 Å². The quantitative estimate of drug-likeness (QED) is 0.853. The molecule has 0 unspecified atom stereocenters. The van der Waals surface area contributed by atoms with E-state index in [2.05, 4.69) is 4.98 Å². The van der Waals surface area contributed by atoms with Gasteiger partial charge in [-0.2, -0.15) is 0 Å². The molecule has 2 aromatic rings. The van der Waals surface area contributed by atoms with Gasteiger partial charge in [-0.1, -0.05) is 0 Å². The van der Waals surface area contributed by atoms with Crippen LogP contribution in [0.15, 0.2) is 17.1 Å². The number of carboxylic acids is 1. The Balaban J connectivity index is 1.66. The van der Waals surface area contributed by atoms with Crippen LogP contribution in [0, 0.1) is 11.2 Å². The van der Waals surface area contributed by atoms with E-state index in [-0.39, 0.29) is 34.3 Å². The van der Waals surface area contributed by atoms with E-state index in [4.69, 9.17) is 5.73 Å². The summed E-state index contributed by atoms with van der Waals surface area (Å²) in [6.45, 7) is 1.37. The van der Waals surface area contributed by atoms with Gasteiger partial charge in [-0.05, 0) is 38.2 Å². The van der Waals surface area contributed by atoms with E-state index in [1.165, 1.54) is 6.20 Å². The van der Waals surface area contributed by atoms with Gasteiger partial charge in [0.1, 0.15) is 11.2 Å². The number of aromatic carboxylic acids is 1. The van der Waals surface area contributed by atoms with E-state index < -0.39 is 17.2 Å². The van der Waals surface area contributed by atoms with Gasteiger partial charge in [0.25, 0.3) is 0 Å². The number of carbonyl (C=O) groups is 1. The van der Waals surface area contributed by atoms with Crippen molar-refractivity contribution in [2.45, 2.75) is 44.2 Å². The number of carboxylic acid groups (broad SMARTS) is 1. The van der Waals surface area contributed by atoms with E-state index in [9.17, 15) is 19.1 Å². The molecule has 3 heterocycles. The summed E-state index contributed by atoms with van der Waals surface area (Å²) < 4.78 is 16.6. The molecule has 2 atom stereocenters. The Morgan fingerprint density at radius 2 is 2.15 bits per heavy atom. The first-order valence-corrected chi connectivity index (χ1v) is 9.39. The lowest BCUT2D eigenvalue weighted by atomic mass is 9.94. The number of hydrogen-bond acceptors (Lipinski definition) is 5. The molecule has 2 saturated carbocycles. The van der Waals surface area contributed by atoms with Gasteiger partial charge < -0.3 is 20.3 Å². The van der Waals surface area contributed by atoms with E-state index in [1.807, 2.05) is 4.90 Å². The van der Waals surface area contributed by atoms with Crippen LogP contribution in [0.25, 0.3) is 11.0 Å². The van der Waals surface area contributed by atoms with Gasteiger partial charge in [0, 0.05) is 36.8 Å². The highest BCUT2D eigenvalue weighted by molar-refractivity contribution is 5.92. The van der Waals surface area contributed by atoms with E-state index in [1.54, 1.807) is 4.57 Å². The number of nitrogens with two attached hydrogens (primary N) is 1. The number of halogens is 1. The minimum Gasteiger partial charge on any atom is -0.477 e. The maximum atomic E-state index is 14.9. The van der Waals surface area contributed by atoms with E-state index >= 15 is 0 Å². The van der Waals surface area contributed by atoms with Crippen molar-refractivity contribution in [1.29, 1.82) is 0 Å². The molecule has 7 nitrogen and oxygen atoms in total. The van der Waals surface area contributed by atoms with Crippen molar-refractivity contribution in [2.24, 2.45) is 11.1 Å². The number of piperidine rings is 1. The van der Waals surface area contributed by atoms with Crippen molar-refractivity contribution in [3.8, 4) is 0 Å². The van der Waals surface area contributed by atoms with Crippen molar-refractivity contribution >= 4 is 22.8 Å². The molecule has 1 aliphatic heterocycles. The molecule has 1 saturated heterocycles. The molecule has 1 spiro atoms. The highest BCUT2D eigenvalue weighted by Gasteiger charge is 2.54. The fourth-order valence-electron chi connectivity index (χ4n) is 4.43. The number of hydrogen-bond donors (Lipinski definition) is 2. The fraction of sp³-hybridized carbons (Fsp3) is 0.526. The van der Waals surface area contributed by atoms with Gasteiger partial charge in [0.05, 0.1) is 5.39 Å². The summed E-state index contributed by atoms with van der Waals surface area (Å²) >= 11 is 0. The first-order valence-electron chi connectivity index (χ1n) is 9.39. The third kappa shape index (κ3) is 2.54. The lowest BCUT2D eigenvalue weighted by Crippen LogP contribution is -2.40. The number of aromatic nitrogens is 2. The minimum atomic E-state index is -1.30. The molecule has 0 radical (unpaired) electrons. The second-order valence-corrected chi connectivity index (χ2v) is 8.18. The predicted octanol–water partition coefficient (Wildman–Crippen LogP) is 1.89. The van der Waals surface area contributed by atoms with E-state index in [0.29, 0.717) is 18.7 Å². The summed E-state index contributed by atoms with van der Waals surface area (Å²) in [7, 11) is 0. The highest BCUT2D eigenvalue weighted by atomic mass is 19.1. The molecule has 27 heavy (non-hydrogen) atoms. The normalized spacial score (nSPS) is 27.3. The molecule has 2 aromatic heterocycles. The van der Waals surface area contributed by atoms with Crippen LogP contribution >= 0.6 is 0 Å². The Kier molecular flexibility index (Phi) is 3.40. The molecule has 3 N–H and O–H groups in total. The summed E-state index contributed by atoms with van der Waals surface area (Å²) in [5.74, 6) is -1.66. The lowest BCUT2D eigenvalue weighted by molar-refractivity contribution is 0.0695. The second kappa shape index (κ2) is 5.51. The summed E-state index contributed by atoms with van der Waals surface area (Å²) in [5.41, 5.74) is 5.49. The van der Waals surface area contributed by atoms with Crippen LogP contribution < -0.4 is 16.1 Å². The average Bonchev–Trinajstić information content (AvgIpc) is 3.55. The molecular weight excluding hydrogens is 351 g/mol. The first-order chi connectivity index (χ1) is 12.9. The van der Waals surface area contributed by atoms with Gasteiger partial charge in [0.2, 0.25) is 5.43 Å². The Hall–Kier alpha value is -2.48. The maximum absolute atomic E-state index is 14.9. The van der Waals surface area contributed by atoms with E-state index in [0.717, 1.165) is 38.2 Å². The van der Waals surface area contributed by atoms with Crippen LogP contribution in [-0.4, -0.2) is 39.8 Å². The molecular formula is C19H21FN4O3. The summed E-state index contributed by atoms with van der Waals surface area (Å²) in [5, 5.41) is 9.35. The second-order valence-electron chi connectivity index (χ2n) is 8.18. The van der Waals surface area contributed by atoms with Crippen LogP contribution in [0.1, 0.15) is 48.5 Å². The standard InChI is InChI=1S/C19H21FN4O3/c20-13-6-11-15(25)12(18(26)27)8-24(10-2-3-10)16(11)22-17(13)23-5-1-4-19(9-23)7-14(19)21/h6,8,10,14H,1-5,7,9,21H2,(H,26,27)/t14-,19-/m0/s1. The SMILES string of the molecule is N[C@H]1C[C@]12CCCN(c1nc3c(cc1F)c(=O)c(C(=O)O)cn3C1CC1)C2. The van der Waals surface area contributed by atoms with Crippen LogP contribution in [0.5, 0.6) is 0 Å². The average molecular weight is 372 g/mol. The maximum Gasteiger partial charge on any atom is 0.341 e. The third-order valence-electron chi connectivity index (χ3n) is 6.27. The monoisotopic (exact) mass is 372 g/mol. The molecule has 8 heteroatoms. The van der Waals surface area contributed by atoms with Gasteiger partial charge in [-0.15, -0.1) is 0 Å². The molecule has 3 fully saturated rings. The van der Waals surface area contributed by atoms with Gasteiger partial charge in [-0.3, -0.25) is 4.79 Å². The van der Waals surface area contributed by atoms with Crippen molar-refractivity contribution in [1.82, 2.24) is 9.55 Å². The summed E-state index contributed by atoms with van der Waals surface area (Å²) in [6, 6.07) is 1.42. The smallest absolute Gasteiger partial charge is 0.341 e. The minimum absolute atomic E-state index is 0.0258. The summed E-state index contributed by atoms with van der Waals surface area (Å²) in [6.07, 6.45) is 6.08. The molecule has 142 valence electrons. The van der Waals surface area contributed by atoms with Crippen molar-refractivity contribution in [3.05, 3.63) is 33.9 Å². The molecule has 5 rings (SSSR count). The van der Waals surface area contributed by atoms with Crippen molar-refractivity contribution < 1.29 is 14.3 Å². The number of pyridine rings is 2. The van der Waals surface area contributed by atoms with Crippen LogP contribution in [-0.2, 0) is 0 Å². The zero-order valence-corrected chi connectivity index (χ0v) is 14.8. The number of fused-ring (bicyclic) bond motifs is 1. The Morgan fingerprint density at radius 1 is 1.41 bits per heavy atom. The predicted molar refractivity (Wildman–Crippen MR) is 97.7 cm³/mol. The molecule has 0 aromatic carbocycles. The molecule has 0 bridgehead atoms. The Bertz CT molecular complexity index is 1030. The molecule has 2 aliphatic carbocycles. The topological polar surface area (TPSA) is 101 Å². The molecule has 3 aliphatic rings. The Morgan fingerprint density at radius 3 is 2.78 bits per heavy atom. The van der Waals surface area contributed by atoms with Crippen molar-refractivity contribution in [3.63, 3.8) is 0 Å². The zero-order valence-electron chi connectivity index (χ0n) is 14.8. The van der Waals surface area contributed by atoms with Crippen LogP contribution in [0.2, 0.25) is 0 Å². The van der Waals surface area contributed by atoms with Crippen LogP contribution in [0.4, 0.5) is 10.2 Å². The zero-order chi connectivity index (χ0) is 18.9. The Labute approximate surface area is 154 Å². The summed E-state index contributed by atoms with van der Waals surface area (Å²) in [4.78, 5) is 30.4. The number of anilines is 1. The number of rotatable bonds is 3. The highest BCUT2D eigenvalue weighted by Crippen LogP contribution is 2.51.